The molecule has 5 nitrogen and oxygen atoms in total. The standard InChI is InChI=1S/C15H25FN2O3/c1-15(2,3)21-14(20)18-9-6-13(12(16)10-18)17-7-4-11(19)5-8-17/h12-13H,4-10H2,1-3H3/t12-,13-/m0/s1. The van der Waals surface area contributed by atoms with E-state index in [0.717, 1.165) is 0 Å². The SMILES string of the molecule is CC(C)(C)OC(=O)N1CC[C@H](N2CCC(=O)CC2)[C@@H](F)C1. The maximum absolute atomic E-state index is 14.4. The van der Waals surface area contributed by atoms with E-state index in [-0.39, 0.29) is 18.4 Å². The Balaban J connectivity index is 1.87. The van der Waals surface area contributed by atoms with E-state index in [1.54, 1.807) is 20.8 Å². The van der Waals surface area contributed by atoms with Gasteiger partial charge in [-0.05, 0) is 27.2 Å². The molecule has 2 heterocycles. The smallest absolute Gasteiger partial charge is 0.410 e. The predicted molar refractivity (Wildman–Crippen MR) is 76.9 cm³/mol. The maximum atomic E-state index is 14.4. The molecule has 2 rings (SSSR count). The summed E-state index contributed by atoms with van der Waals surface area (Å²) in [4.78, 5) is 26.7. The highest BCUT2D eigenvalue weighted by atomic mass is 19.1. The van der Waals surface area contributed by atoms with Gasteiger partial charge in [0.15, 0.2) is 0 Å². The summed E-state index contributed by atoms with van der Waals surface area (Å²) in [5.74, 6) is 0.257. The van der Waals surface area contributed by atoms with E-state index in [1.165, 1.54) is 4.90 Å². The van der Waals surface area contributed by atoms with E-state index in [0.29, 0.717) is 38.9 Å². The first kappa shape index (κ1) is 16.2. The van der Waals surface area contributed by atoms with Gasteiger partial charge in [-0.2, -0.15) is 0 Å². The third-order valence-electron chi connectivity index (χ3n) is 3.98. The van der Waals surface area contributed by atoms with Gasteiger partial charge in [-0.3, -0.25) is 9.69 Å². The van der Waals surface area contributed by atoms with Gasteiger partial charge in [-0.25, -0.2) is 9.18 Å². The zero-order chi connectivity index (χ0) is 15.6. The van der Waals surface area contributed by atoms with Crippen molar-refractivity contribution in [2.24, 2.45) is 0 Å². The molecule has 120 valence electrons. The average Bonchev–Trinajstić information content (AvgIpc) is 2.38. The molecule has 0 radical (unpaired) electrons. The first-order chi connectivity index (χ1) is 9.76. The van der Waals surface area contributed by atoms with Crippen LogP contribution in [-0.2, 0) is 9.53 Å². The zero-order valence-electron chi connectivity index (χ0n) is 13.1. The van der Waals surface area contributed by atoms with Crippen LogP contribution in [0.2, 0.25) is 0 Å². The monoisotopic (exact) mass is 300 g/mol. The van der Waals surface area contributed by atoms with Gasteiger partial charge < -0.3 is 9.64 Å². The number of piperidine rings is 2. The topological polar surface area (TPSA) is 49.9 Å². The van der Waals surface area contributed by atoms with Crippen molar-refractivity contribution in [3.8, 4) is 0 Å². The third kappa shape index (κ3) is 4.40. The Morgan fingerprint density at radius 1 is 1.24 bits per heavy atom. The summed E-state index contributed by atoms with van der Waals surface area (Å²) in [5.41, 5.74) is -0.563. The van der Waals surface area contributed by atoms with Crippen LogP contribution in [0.5, 0.6) is 0 Å². The average molecular weight is 300 g/mol. The van der Waals surface area contributed by atoms with Crippen LogP contribution < -0.4 is 0 Å². The number of halogens is 1. The largest absolute Gasteiger partial charge is 0.444 e. The van der Waals surface area contributed by atoms with E-state index in [4.69, 9.17) is 4.74 Å². The summed E-state index contributed by atoms with van der Waals surface area (Å²) >= 11 is 0. The molecule has 2 aliphatic heterocycles. The number of likely N-dealkylation sites (tertiary alicyclic amines) is 2. The molecule has 6 heteroatoms. The molecule has 0 N–H and O–H groups in total. The lowest BCUT2D eigenvalue weighted by Gasteiger charge is -2.41. The van der Waals surface area contributed by atoms with Crippen LogP contribution in [0.1, 0.15) is 40.0 Å². The lowest BCUT2D eigenvalue weighted by atomic mass is 9.98. The van der Waals surface area contributed by atoms with Crippen LogP contribution in [0, 0.1) is 0 Å². The summed E-state index contributed by atoms with van der Waals surface area (Å²) in [6.45, 7) is 7.25. The summed E-state index contributed by atoms with van der Waals surface area (Å²) in [6.07, 6.45) is 0.0870. The van der Waals surface area contributed by atoms with Gasteiger partial charge in [-0.15, -0.1) is 0 Å². The molecule has 2 aliphatic rings. The number of alkyl halides is 1. The quantitative estimate of drug-likeness (QED) is 0.743. The van der Waals surface area contributed by atoms with E-state index >= 15 is 0 Å². The highest BCUT2D eigenvalue weighted by molar-refractivity contribution is 5.79. The number of ether oxygens (including phenoxy) is 1. The molecule has 2 saturated heterocycles. The molecule has 21 heavy (non-hydrogen) atoms. The van der Waals surface area contributed by atoms with Crippen molar-refractivity contribution in [2.45, 2.75) is 57.8 Å². The van der Waals surface area contributed by atoms with E-state index in [1.807, 2.05) is 0 Å². The van der Waals surface area contributed by atoms with Gasteiger partial charge in [0.25, 0.3) is 0 Å². The van der Waals surface area contributed by atoms with Crippen molar-refractivity contribution >= 4 is 11.9 Å². The Labute approximate surface area is 125 Å². The predicted octanol–water partition coefficient (Wildman–Crippen LogP) is 2.00. The number of rotatable bonds is 1. The lowest BCUT2D eigenvalue weighted by Crippen LogP contribution is -2.56. The first-order valence-corrected chi connectivity index (χ1v) is 7.64. The second-order valence-electron chi connectivity index (χ2n) is 6.87. The number of Topliss-reactive ketones (excluding diaryl/α,β-unsaturated/α-hetero) is 1. The summed E-state index contributed by atoms with van der Waals surface area (Å²) in [7, 11) is 0. The molecular formula is C15H25FN2O3. The van der Waals surface area contributed by atoms with Crippen LogP contribution in [0.4, 0.5) is 9.18 Å². The molecule has 2 fully saturated rings. The normalized spacial score (nSPS) is 28.6. The van der Waals surface area contributed by atoms with Gasteiger partial charge in [-0.1, -0.05) is 0 Å². The van der Waals surface area contributed by atoms with E-state index in [2.05, 4.69) is 4.90 Å². The molecule has 0 saturated carbocycles. The van der Waals surface area contributed by atoms with Crippen LogP contribution in [0.25, 0.3) is 0 Å². The van der Waals surface area contributed by atoms with Gasteiger partial charge in [0.05, 0.1) is 6.54 Å². The highest BCUT2D eigenvalue weighted by Crippen LogP contribution is 2.23. The minimum Gasteiger partial charge on any atom is -0.444 e. The van der Waals surface area contributed by atoms with Gasteiger partial charge >= 0.3 is 6.09 Å². The summed E-state index contributed by atoms with van der Waals surface area (Å²) in [5, 5.41) is 0. The fraction of sp³-hybridized carbons (Fsp3) is 0.867. The van der Waals surface area contributed by atoms with Crippen molar-refractivity contribution < 1.29 is 18.7 Å². The number of carbonyl (C=O) groups excluding carboxylic acids is 2. The van der Waals surface area contributed by atoms with Crippen LogP contribution in [0.3, 0.4) is 0 Å². The minimum absolute atomic E-state index is 0.0734. The highest BCUT2D eigenvalue weighted by Gasteiger charge is 2.37. The lowest BCUT2D eigenvalue weighted by molar-refractivity contribution is -0.122. The van der Waals surface area contributed by atoms with Gasteiger partial charge in [0.2, 0.25) is 0 Å². The van der Waals surface area contributed by atoms with Crippen molar-refractivity contribution in [3.63, 3.8) is 0 Å². The maximum Gasteiger partial charge on any atom is 0.410 e. The number of carbonyl (C=O) groups is 2. The number of ketones is 1. The molecule has 0 aliphatic carbocycles. The minimum atomic E-state index is -1.08. The van der Waals surface area contributed by atoms with Crippen LogP contribution >= 0.6 is 0 Å². The first-order valence-electron chi connectivity index (χ1n) is 7.64. The number of amides is 1. The Kier molecular flexibility index (Phi) is 4.86. The third-order valence-corrected chi connectivity index (χ3v) is 3.98. The van der Waals surface area contributed by atoms with Gasteiger partial charge in [0.1, 0.15) is 17.6 Å². The number of hydrogen-bond acceptors (Lipinski definition) is 4. The molecule has 0 aromatic heterocycles. The van der Waals surface area contributed by atoms with E-state index in [9.17, 15) is 14.0 Å². The Bertz CT molecular complexity index is 398. The van der Waals surface area contributed by atoms with Crippen LogP contribution in [-0.4, -0.2) is 65.7 Å². The molecule has 0 spiro atoms. The van der Waals surface area contributed by atoms with Crippen molar-refractivity contribution in [1.29, 1.82) is 0 Å². The second kappa shape index (κ2) is 6.30. The zero-order valence-corrected chi connectivity index (χ0v) is 13.1. The fourth-order valence-electron chi connectivity index (χ4n) is 2.90. The molecular weight excluding hydrogens is 275 g/mol. The van der Waals surface area contributed by atoms with Crippen molar-refractivity contribution in [2.75, 3.05) is 26.2 Å². The van der Waals surface area contributed by atoms with E-state index < -0.39 is 17.9 Å². The molecule has 0 aromatic carbocycles. The molecule has 0 bridgehead atoms. The Morgan fingerprint density at radius 2 is 1.86 bits per heavy atom. The Hall–Kier alpha value is -1.17. The number of nitrogens with zero attached hydrogens (tertiary/aromatic N) is 2. The summed E-state index contributed by atoms with van der Waals surface area (Å²) < 4.78 is 19.7. The van der Waals surface area contributed by atoms with Crippen LogP contribution in [0.15, 0.2) is 0 Å². The molecule has 0 aromatic rings. The number of hydrogen-bond donors (Lipinski definition) is 0. The Morgan fingerprint density at radius 3 is 2.38 bits per heavy atom. The fourth-order valence-corrected chi connectivity index (χ4v) is 2.90. The molecule has 2 atom stereocenters. The second-order valence-corrected chi connectivity index (χ2v) is 6.87. The van der Waals surface area contributed by atoms with Crippen molar-refractivity contribution in [1.82, 2.24) is 9.80 Å². The molecule has 1 amide bonds. The van der Waals surface area contributed by atoms with Crippen molar-refractivity contribution in [3.05, 3.63) is 0 Å². The van der Waals surface area contributed by atoms with Gasteiger partial charge in [0, 0.05) is 38.5 Å². The summed E-state index contributed by atoms with van der Waals surface area (Å²) in [6, 6.07) is -0.184. The molecule has 0 unspecified atom stereocenters.